The summed E-state index contributed by atoms with van der Waals surface area (Å²) in [6.07, 6.45) is 0.0697. The first-order valence-electron chi connectivity index (χ1n) is 8.42. The van der Waals surface area contributed by atoms with Gasteiger partial charge in [-0.25, -0.2) is 4.39 Å². The minimum absolute atomic E-state index is 0.0697. The van der Waals surface area contributed by atoms with Crippen LogP contribution in [0.4, 0.5) is 4.39 Å². The SMILES string of the molecule is N#Cc1ccc(-c2cc(-c3ccc([C@H]4CNCCO4)cc3)n[nH]2)c(F)c1. The van der Waals surface area contributed by atoms with Crippen LogP contribution in [-0.2, 0) is 4.74 Å². The quantitative estimate of drug-likeness (QED) is 0.761. The molecule has 5 nitrogen and oxygen atoms in total. The lowest BCUT2D eigenvalue weighted by molar-refractivity contribution is 0.0277. The second-order valence-corrected chi connectivity index (χ2v) is 6.16. The number of H-pyrrole nitrogens is 1. The van der Waals surface area contributed by atoms with E-state index in [0.29, 0.717) is 23.4 Å². The van der Waals surface area contributed by atoms with Gasteiger partial charge < -0.3 is 10.1 Å². The number of aromatic amines is 1. The highest BCUT2D eigenvalue weighted by atomic mass is 19.1. The lowest BCUT2D eigenvalue weighted by Crippen LogP contribution is -2.33. The molecule has 0 saturated carbocycles. The van der Waals surface area contributed by atoms with Gasteiger partial charge in [0.05, 0.1) is 35.7 Å². The summed E-state index contributed by atoms with van der Waals surface area (Å²) in [4.78, 5) is 0. The molecule has 3 aromatic rings. The Kier molecular flexibility index (Phi) is 4.48. The number of aromatic nitrogens is 2. The first-order chi connectivity index (χ1) is 12.7. The zero-order valence-electron chi connectivity index (χ0n) is 14.0. The van der Waals surface area contributed by atoms with Gasteiger partial charge in [0.15, 0.2) is 0 Å². The van der Waals surface area contributed by atoms with E-state index in [1.54, 1.807) is 18.2 Å². The summed E-state index contributed by atoms with van der Waals surface area (Å²) in [5.74, 6) is -0.448. The fourth-order valence-corrected chi connectivity index (χ4v) is 3.06. The van der Waals surface area contributed by atoms with Gasteiger partial charge in [0.25, 0.3) is 0 Å². The minimum atomic E-state index is -0.448. The van der Waals surface area contributed by atoms with E-state index in [2.05, 4.69) is 15.5 Å². The molecular formula is C20H17FN4O. The fourth-order valence-electron chi connectivity index (χ4n) is 3.06. The Bertz CT molecular complexity index is 953. The number of ether oxygens (including phenoxy) is 1. The van der Waals surface area contributed by atoms with E-state index in [0.717, 1.165) is 29.9 Å². The summed E-state index contributed by atoms with van der Waals surface area (Å²) >= 11 is 0. The van der Waals surface area contributed by atoms with E-state index in [-0.39, 0.29) is 6.10 Å². The smallest absolute Gasteiger partial charge is 0.133 e. The van der Waals surface area contributed by atoms with Crippen molar-refractivity contribution >= 4 is 0 Å². The van der Waals surface area contributed by atoms with Crippen molar-refractivity contribution in [1.29, 1.82) is 5.26 Å². The zero-order valence-corrected chi connectivity index (χ0v) is 14.0. The fraction of sp³-hybridized carbons (Fsp3) is 0.200. The van der Waals surface area contributed by atoms with Crippen LogP contribution in [0.15, 0.2) is 48.5 Å². The summed E-state index contributed by atoms with van der Waals surface area (Å²) < 4.78 is 19.9. The first kappa shape index (κ1) is 16.5. The van der Waals surface area contributed by atoms with Crippen LogP contribution in [0.3, 0.4) is 0 Å². The Morgan fingerprint density at radius 3 is 2.69 bits per heavy atom. The normalized spacial score (nSPS) is 17.0. The van der Waals surface area contributed by atoms with E-state index in [1.165, 1.54) is 6.07 Å². The van der Waals surface area contributed by atoms with Crippen LogP contribution in [0.1, 0.15) is 17.2 Å². The molecule has 0 aliphatic carbocycles. The molecule has 0 bridgehead atoms. The lowest BCUT2D eigenvalue weighted by Gasteiger charge is -2.24. The van der Waals surface area contributed by atoms with Crippen LogP contribution in [0.25, 0.3) is 22.5 Å². The van der Waals surface area contributed by atoms with Crippen molar-refractivity contribution in [2.75, 3.05) is 19.7 Å². The highest BCUT2D eigenvalue weighted by Crippen LogP contribution is 2.28. The van der Waals surface area contributed by atoms with Crippen LogP contribution in [0, 0.1) is 17.1 Å². The van der Waals surface area contributed by atoms with Crippen molar-refractivity contribution in [3.63, 3.8) is 0 Å². The van der Waals surface area contributed by atoms with Crippen molar-refractivity contribution < 1.29 is 9.13 Å². The van der Waals surface area contributed by atoms with Gasteiger partial charge in [-0.05, 0) is 29.8 Å². The average Bonchev–Trinajstić information content (AvgIpc) is 3.18. The van der Waals surface area contributed by atoms with Gasteiger partial charge in [0.1, 0.15) is 5.82 Å². The molecule has 2 aromatic carbocycles. The number of rotatable bonds is 3. The molecule has 0 amide bonds. The molecule has 2 heterocycles. The molecule has 6 heteroatoms. The number of nitrogens with one attached hydrogen (secondary N) is 2. The molecule has 1 aromatic heterocycles. The second-order valence-electron chi connectivity index (χ2n) is 6.16. The lowest BCUT2D eigenvalue weighted by atomic mass is 10.0. The van der Waals surface area contributed by atoms with E-state index < -0.39 is 5.82 Å². The van der Waals surface area contributed by atoms with Gasteiger partial charge in [-0.15, -0.1) is 0 Å². The third-order valence-electron chi connectivity index (χ3n) is 4.47. The van der Waals surface area contributed by atoms with Crippen LogP contribution < -0.4 is 5.32 Å². The molecule has 1 saturated heterocycles. The van der Waals surface area contributed by atoms with Crippen LogP contribution in [-0.4, -0.2) is 29.9 Å². The molecule has 0 unspecified atom stereocenters. The molecule has 0 spiro atoms. The standard InChI is InChI=1S/C20H17FN4O/c21-17-9-13(11-22)1-6-16(17)19-10-18(24-25-19)14-2-4-15(5-3-14)20-12-23-7-8-26-20/h1-6,9-10,20,23H,7-8,12H2,(H,24,25)/t20-/m1/s1. The van der Waals surface area contributed by atoms with Crippen molar-refractivity contribution in [2.24, 2.45) is 0 Å². The highest BCUT2D eigenvalue weighted by Gasteiger charge is 2.16. The molecule has 26 heavy (non-hydrogen) atoms. The molecule has 2 N–H and O–H groups in total. The maximum atomic E-state index is 14.2. The Morgan fingerprint density at radius 2 is 2.00 bits per heavy atom. The third-order valence-corrected chi connectivity index (χ3v) is 4.47. The molecule has 1 fully saturated rings. The average molecular weight is 348 g/mol. The van der Waals surface area contributed by atoms with Crippen molar-refractivity contribution in [1.82, 2.24) is 15.5 Å². The van der Waals surface area contributed by atoms with Gasteiger partial charge >= 0.3 is 0 Å². The summed E-state index contributed by atoms with van der Waals surface area (Å²) in [5, 5.41) is 19.3. The largest absolute Gasteiger partial charge is 0.371 e. The van der Waals surface area contributed by atoms with E-state index in [1.807, 2.05) is 30.3 Å². The summed E-state index contributed by atoms with van der Waals surface area (Å²) in [7, 11) is 0. The summed E-state index contributed by atoms with van der Waals surface area (Å²) in [6.45, 7) is 2.41. The minimum Gasteiger partial charge on any atom is -0.371 e. The van der Waals surface area contributed by atoms with E-state index in [4.69, 9.17) is 10.00 Å². The predicted molar refractivity (Wildman–Crippen MR) is 95.7 cm³/mol. The van der Waals surface area contributed by atoms with Crippen LogP contribution in [0.5, 0.6) is 0 Å². The number of nitrogens with zero attached hydrogens (tertiary/aromatic N) is 2. The van der Waals surface area contributed by atoms with Crippen molar-refractivity contribution in [3.05, 3.63) is 65.5 Å². The van der Waals surface area contributed by atoms with Crippen LogP contribution >= 0.6 is 0 Å². The number of morpholine rings is 1. The van der Waals surface area contributed by atoms with E-state index >= 15 is 0 Å². The second kappa shape index (κ2) is 7.08. The topological polar surface area (TPSA) is 73.7 Å². The number of halogens is 1. The molecule has 1 aliphatic heterocycles. The molecule has 4 rings (SSSR count). The Labute approximate surface area is 150 Å². The Morgan fingerprint density at radius 1 is 1.15 bits per heavy atom. The van der Waals surface area contributed by atoms with Gasteiger partial charge in [0.2, 0.25) is 0 Å². The molecular weight excluding hydrogens is 331 g/mol. The third kappa shape index (κ3) is 3.23. The van der Waals surface area contributed by atoms with Gasteiger partial charge in [0, 0.05) is 24.2 Å². The molecule has 0 radical (unpaired) electrons. The highest BCUT2D eigenvalue weighted by molar-refractivity contribution is 5.69. The van der Waals surface area contributed by atoms with Gasteiger partial charge in [-0.2, -0.15) is 10.4 Å². The molecule has 130 valence electrons. The number of nitriles is 1. The number of benzene rings is 2. The summed E-state index contributed by atoms with van der Waals surface area (Å²) in [5.41, 5.74) is 4.05. The zero-order chi connectivity index (χ0) is 17.9. The number of hydrogen-bond donors (Lipinski definition) is 2. The van der Waals surface area contributed by atoms with Crippen LogP contribution in [0.2, 0.25) is 0 Å². The first-order valence-corrected chi connectivity index (χ1v) is 8.42. The number of hydrogen-bond acceptors (Lipinski definition) is 4. The Balaban J connectivity index is 1.57. The monoisotopic (exact) mass is 348 g/mol. The van der Waals surface area contributed by atoms with Crippen molar-refractivity contribution in [3.8, 4) is 28.6 Å². The van der Waals surface area contributed by atoms with Gasteiger partial charge in [-0.3, -0.25) is 5.10 Å². The maximum Gasteiger partial charge on any atom is 0.133 e. The molecule has 1 aliphatic rings. The van der Waals surface area contributed by atoms with Crippen molar-refractivity contribution in [2.45, 2.75) is 6.10 Å². The Hall–Kier alpha value is -3.01. The molecule has 1 atom stereocenters. The van der Waals surface area contributed by atoms with E-state index in [9.17, 15) is 4.39 Å². The maximum absolute atomic E-state index is 14.2. The van der Waals surface area contributed by atoms with Gasteiger partial charge in [-0.1, -0.05) is 24.3 Å². The predicted octanol–water partition coefficient (Wildman–Crippen LogP) is 3.42. The summed E-state index contributed by atoms with van der Waals surface area (Å²) in [6, 6.07) is 16.2.